The Morgan fingerprint density at radius 3 is 1.11 bits per heavy atom. The van der Waals surface area contributed by atoms with Gasteiger partial charge in [-0.2, -0.15) is 109 Å². The molecule has 0 atom stereocenters. The van der Waals surface area contributed by atoms with E-state index in [2.05, 4.69) is 0 Å². The number of aliphatic carboxylic acids is 1. The van der Waals surface area contributed by atoms with Gasteiger partial charge in [0.05, 0.1) is 0 Å². The normalized spacial score (nSPS) is 16.5. The first-order chi connectivity index (χ1) is 18.7. The molecule has 0 saturated carbocycles. The van der Waals surface area contributed by atoms with Crippen LogP contribution < -0.4 is 0 Å². The van der Waals surface area contributed by atoms with Crippen LogP contribution in [0.25, 0.3) is 0 Å². The number of halogens is 23. The molecule has 262 valence electrons. The first-order valence-corrected chi connectivity index (χ1v) is 10.9. The molecule has 44 heavy (non-hydrogen) atoms. The Balaban J connectivity index is 7.62. The van der Waals surface area contributed by atoms with Crippen molar-refractivity contribution in [2.45, 2.75) is 66.0 Å². The van der Waals surface area contributed by atoms with E-state index in [1.54, 1.807) is 0 Å². The quantitative estimate of drug-likeness (QED) is 0.132. The molecule has 29 heteroatoms. The van der Waals surface area contributed by atoms with Crippen LogP contribution >= 0.6 is 0 Å². The maximum absolute atomic E-state index is 14.3. The van der Waals surface area contributed by atoms with Crippen molar-refractivity contribution in [1.29, 1.82) is 0 Å². The van der Waals surface area contributed by atoms with E-state index in [9.17, 15) is 114 Å². The van der Waals surface area contributed by atoms with E-state index in [1.807, 2.05) is 0 Å². The lowest BCUT2D eigenvalue weighted by molar-refractivity contribution is -0.458. The van der Waals surface area contributed by atoms with Gasteiger partial charge in [-0.05, 0) is 6.92 Å². The smallest absolute Gasteiger partial charge is 0.460 e. The molecular weight excluding hydrogens is 727 g/mol. The largest absolute Gasteiger partial charge is 0.478 e. The molecule has 0 fully saturated rings. The SMILES string of the molecule is CCN(C(F)=C(C(=O)O)C(F)(F)C(F)(F)F)S(=O)(=O)C(F)(F)C(F)(F)C(F)(F)C(F)(F)C(F)(F)C(F)(F)C(F)(F)C(F)(F)F. The van der Waals surface area contributed by atoms with Gasteiger partial charge in [0, 0.05) is 6.54 Å². The van der Waals surface area contributed by atoms with Gasteiger partial charge in [0.2, 0.25) is 5.95 Å². The Hall–Kier alpha value is -2.65. The van der Waals surface area contributed by atoms with Crippen LogP contribution in [-0.2, 0) is 14.8 Å². The van der Waals surface area contributed by atoms with Crippen molar-refractivity contribution in [3.63, 3.8) is 0 Å². The minimum absolute atomic E-state index is 0.294. The van der Waals surface area contributed by atoms with Crippen molar-refractivity contribution in [1.82, 2.24) is 4.31 Å². The number of nitrogens with zero attached hydrogens (tertiary/aromatic N) is 1. The van der Waals surface area contributed by atoms with Gasteiger partial charge in [-0.15, -0.1) is 0 Å². The highest BCUT2D eigenvalue weighted by molar-refractivity contribution is 7.90. The molecule has 5 nitrogen and oxygen atoms in total. The average molecular weight is 733 g/mol. The van der Waals surface area contributed by atoms with Crippen molar-refractivity contribution >= 4 is 16.0 Å². The van der Waals surface area contributed by atoms with Crippen LogP contribution in [0.4, 0.5) is 101 Å². The van der Waals surface area contributed by atoms with E-state index in [0.29, 0.717) is 0 Å². The zero-order valence-corrected chi connectivity index (χ0v) is 20.2. The van der Waals surface area contributed by atoms with Gasteiger partial charge in [-0.1, -0.05) is 0 Å². The summed E-state index contributed by atoms with van der Waals surface area (Å²) in [4.78, 5) is 10.7. The number of carbonyl (C=O) groups is 1. The topological polar surface area (TPSA) is 74.7 Å². The second-order valence-corrected chi connectivity index (χ2v) is 9.58. The number of hydrogen-bond acceptors (Lipinski definition) is 3. The number of rotatable bonds is 12. The van der Waals surface area contributed by atoms with Crippen LogP contribution in [0.15, 0.2) is 11.5 Å². The maximum atomic E-state index is 14.3. The fourth-order valence-corrected chi connectivity index (χ4v) is 3.85. The van der Waals surface area contributed by atoms with E-state index < -0.39 is 97.4 Å². The zero-order valence-electron chi connectivity index (χ0n) is 19.4. The highest BCUT2D eigenvalue weighted by Gasteiger charge is 2.96. The molecule has 0 unspecified atom stereocenters. The summed E-state index contributed by atoms with van der Waals surface area (Å²) in [6.07, 6.45) is -15.5. The van der Waals surface area contributed by atoms with Crippen molar-refractivity contribution in [3.05, 3.63) is 11.5 Å². The van der Waals surface area contributed by atoms with E-state index in [-0.39, 0.29) is 6.92 Å². The Morgan fingerprint density at radius 2 is 0.864 bits per heavy atom. The third-order valence-electron chi connectivity index (χ3n) is 4.90. The van der Waals surface area contributed by atoms with Gasteiger partial charge in [0.15, 0.2) is 5.57 Å². The molecule has 0 bridgehead atoms. The Morgan fingerprint density at radius 1 is 0.568 bits per heavy atom. The third-order valence-corrected chi connectivity index (χ3v) is 6.81. The fourth-order valence-electron chi connectivity index (χ4n) is 2.48. The number of hydrogen-bond donors (Lipinski definition) is 1. The molecule has 0 heterocycles. The summed E-state index contributed by atoms with van der Waals surface area (Å²) in [6, 6.07) is 0. The zero-order chi connectivity index (χ0) is 36.5. The van der Waals surface area contributed by atoms with Gasteiger partial charge in [0.1, 0.15) is 0 Å². The molecule has 0 rings (SSSR count). The number of carboxylic acids is 1. The van der Waals surface area contributed by atoms with Gasteiger partial charge in [0.25, 0.3) is 0 Å². The van der Waals surface area contributed by atoms with Crippen molar-refractivity contribution in [3.8, 4) is 0 Å². The van der Waals surface area contributed by atoms with Crippen LogP contribution in [0.2, 0.25) is 0 Å². The summed E-state index contributed by atoms with van der Waals surface area (Å²) in [5, 5.41) is -0.184. The molecule has 0 aliphatic heterocycles. The molecule has 0 aromatic rings. The minimum Gasteiger partial charge on any atom is -0.478 e. The van der Waals surface area contributed by atoms with Crippen LogP contribution in [-0.4, -0.2) is 89.4 Å². The van der Waals surface area contributed by atoms with Crippen molar-refractivity contribution in [2.24, 2.45) is 0 Å². The Bertz CT molecular complexity index is 1240. The molecule has 0 radical (unpaired) electrons. The molecule has 0 amide bonds. The maximum Gasteiger partial charge on any atom is 0.460 e. The number of alkyl halides is 22. The molecule has 0 aromatic heterocycles. The third kappa shape index (κ3) is 5.31. The van der Waals surface area contributed by atoms with Crippen LogP contribution in [0.1, 0.15) is 6.92 Å². The minimum atomic E-state index is -9.33. The lowest BCUT2D eigenvalue weighted by Gasteiger charge is -2.43. The van der Waals surface area contributed by atoms with Gasteiger partial charge in [-0.3, -0.25) is 0 Å². The molecule has 0 aliphatic carbocycles. The first-order valence-electron chi connectivity index (χ1n) is 9.49. The second-order valence-electron chi connectivity index (χ2n) is 7.67. The predicted molar refractivity (Wildman–Crippen MR) is 88.8 cm³/mol. The summed E-state index contributed by atoms with van der Waals surface area (Å²) in [7, 11) is -8.79. The molecule has 0 aromatic carbocycles. The summed E-state index contributed by atoms with van der Waals surface area (Å²) in [5.41, 5.74) is -4.31. The lowest BCUT2D eigenvalue weighted by Crippen LogP contribution is -2.75. The number of sulfonamides is 1. The number of carboxylic acid groups (broad SMARTS) is 1. The lowest BCUT2D eigenvalue weighted by atomic mass is 9.91. The standard InChI is InChI=1S/C15H6F23NO4S/c1-2-39(4(16)3(5(40)41)6(17,18)13(31,32)33)44(42,43)15(37,38)12(29,30)10(25,26)8(21,22)7(19,20)9(23,24)11(27,28)14(34,35)36/h2H2,1H3,(H,40,41). The van der Waals surface area contributed by atoms with E-state index in [1.165, 1.54) is 0 Å². The molecule has 0 saturated heterocycles. The van der Waals surface area contributed by atoms with E-state index in [0.717, 1.165) is 0 Å². The Kier molecular flexibility index (Phi) is 10.1. The van der Waals surface area contributed by atoms with Crippen LogP contribution in [0.5, 0.6) is 0 Å². The molecule has 1 N–H and O–H groups in total. The van der Waals surface area contributed by atoms with Gasteiger partial charge < -0.3 is 5.11 Å². The summed E-state index contributed by atoms with van der Waals surface area (Å²) in [5.74, 6) is -70.1. The van der Waals surface area contributed by atoms with Crippen LogP contribution in [0.3, 0.4) is 0 Å². The second kappa shape index (κ2) is 10.7. The van der Waals surface area contributed by atoms with Crippen LogP contribution in [0, 0.1) is 0 Å². The van der Waals surface area contributed by atoms with Gasteiger partial charge >= 0.3 is 75.1 Å². The summed E-state index contributed by atoms with van der Waals surface area (Å²) < 4.78 is 326. The Labute approximate surface area is 224 Å². The first kappa shape index (κ1) is 41.4. The molecule has 0 spiro atoms. The van der Waals surface area contributed by atoms with Crippen molar-refractivity contribution in [2.75, 3.05) is 6.54 Å². The van der Waals surface area contributed by atoms with E-state index >= 15 is 0 Å². The summed E-state index contributed by atoms with van der Waals surface area (Å²) >= 11 is 0. The predicted octanol–water partition coefficient (Wildman–Crippen LogP) is 7.07. The molecular formula is C15H6F23NO4S. The highest BCUT2D eigenvalue weighted by atomic mass is 32.2. The monoisotopic (exact) mass is 733 g/mol. The fraction of sp³-hybridized carbons (Fsp3) is 0.800. The van der Waals surface area contributed by atoms with Gasteiger partial charge in [-0.25, -0.2) is 9.10 Å². The molecule has 0 aliphatic rings. The average Bonchev–Trinajstić information content (AvgIpc) is 2.76. The highest BCUT2D eigenvalue weighted by Crippen LogP contribution is 2.64. The summed E-state index contributed by atoms with van der Waals surface area (Å²) in [6.45, 7) is -2.96. The van der Waals surface area contributed by atoms with E-state index in [4.69, 9.17) is 5.11 Å². The van der Waals surface area contributed by atoms with Crippen molar-refractivity contribution < 1.29 is 119 Å².